The topological polar surface area (TPSA) is 84.6 Å². The Morgan fingerprint density at radius 2 is 2.15 bits per heavy atom. The summed E-state index contributed by atoms with van der Waals surface area (Å²) in [5, 5.41) is 23.2. The van der Waals surface area contributed by atoms with Gasteiger partial charge >= 0.3 is 0 Å². The lowest BCUT2D eigenvalue weighted by Crippen LogP contribution is -2.33. The summed E-state index contributed by atoms with van der Waals surface area (Å²) >= 11 is 0. The molecule has 112 valence electrons. The summed E-state index contributed by atoms with van der Waals surface area (Å²) in [7, 11) is 0. The molecule has 0 fully saturated rings. The number of nitrogens with one attached hydrogen (secondary N) is 1. The molecule has 0 bridgehead atoms. The molecule has 1 rings (SSSR count). The van der Waals surface area contributed by atoms with Crippen LogP contribution in [0.15, 0.2) is 18.2 Å². The lowest BCUT2D eigenvalue weighted by Gasteiger charge is -2.20. The number of benzene rings is 1. The normalized spacial score (nSPS) is 13.8. The summed E-state index contributed by atoms with van der Waals surface area (Å²) in [6.45, 7) is 6.85. The number of hydrogen-bond donors (Lipinski definition) is 2. The van der Waals surface area contributed by atoms with Crippen LogP contribution in [0.3, 0.4) is 0 Å². The molecule has 6 nitrogen and oxygen atoms in total. The molecule has 0 amide bonds. The third kappa shape index (κ3) is 4.47. The van der Waals surface area contributed by atoms with Crippen LogP contribution >= 0.6 is 0 Å². The van der Waals surface area contributed by atoms with Gasteiger partial charge in [0.1, 0.15) is 5.75 Å². The summed E-state index contributed by atoms with van der Waals surface area (Å²) in [6.07, 6.45) is 0. The predicted molar refractivity (Wildman–Crippen MR) is 76.8 cm³/mol. The molecule has 0 spiro atoms. The Hall–Kier alpha value is -1.66. The van der Waals surface area contributed by atoms with E-state index in [9.17, 15) is 10.1 Å². The molecule has 0 saturated heterocycles. The summed E-state index contributed by atoms with van der Waals surface area (Å²) in [6, 6.07) is 4.69. The maximum absolute atomic E-state index is 10.8. The second kappa shape index (κ2) is 7.81. The van der Waals surface area contributed by atoms with Gasteiger partial charge < -0.3 is 15.2 Å². The smallest absolute Gasteiger partial charge is 0.270 e. The average molecular weight is 282 g/mol. The third-order valence-electron chi connectivity index (χ3n) is 3.31. The zero-order valence-corrected chi connectivity index (χ0v) is 12.1. The van der Waals surface area contributed by atoms with Crippen molar-refractivity contribution in [1.82, 2.24) is 5.32 Å². The standard InChI is InChI=1S/C14H22N2O4/c1-4-20-14-6-5-13(16(18)19)7-12(14)8-15-11(3)10(2)9-17/h5-7,10-11,15,17H,4,8-9H2,1-3H3. The van der Waals surface area contributed by atoms with E-state index < -0.39 is 4.92 Å². The van der Waals surface area contributed by atoms with Gasteiger partial charge in [-0.1, -0.05) is 6.92 Å². The van der Waals surface area contributed by atoms with E-state index in [1.165, 1.54) is 12.1 Å². The molecule has 1 aromatic carbocycles. The molecule has 20 heavy (non-hydrogen) atoms. The van der Waals surface area contributed by atoms with Crippen LogP contribution in [-0.2, 0) is 6.54 Å². The molecular weight excluding hydrogens is 260 g/mol. The first-order chi connectivity index (χ1) is 9.49. The van der Waals surface area contributed by atoms with E-state index in [2.05, 4.69) is 5.32 Å². The first-order valence-corrected chi connectivity index (χ1v) is 6.73. The Morgan fingerprint density at radius 1 is 1.45 bits per heavy atom. The Bertz CT molecular complexity index is 451. The summed E-state index contributed by atoms with van der Waals surface area (Å²) in [5.74, 6) is 0.763. The number of non-ortho nitro benzene ring substituents is 1. The van der Waals surface area contributed by atoms with Crippen LogP contribution < -0.4 is 10.1 Å². The van der Waals surface area contributed by atoms with Crippen molar-refractivity contribution in [3.8, 4) is 5.75 Å². The summed E-state index contributed by atoms with van der Waals surface area (Å²) in [4.78, 5) is 10.4. The summed E-state index contributed by atoms with van der Waals surface area (Å²) < 4.78 is 5.48. The van der Waals surface area contributed by atoms with Crippen molar-refractivity contribution in [2.75, 3.05) is 13.2 Å². The van der Waals surface area contributed by atoms with Crippen LogP contribution in [0.4, 0.5) is 5.69 Å². The molecule has 2 unspecified atom stereocenters. The molecule has 0 radical (unpaired) electrons. The number of aliphatic hydroxyl groups is 1. The van der Waals surface area contributed by atoms with Gasteiger partial charge in [-0.15, -0.1) is 0 Å². The number of hydrogen-bond acceptors (Lipinski definition) is 5. The van der Waals surface area contributed by atoms with E-state index in [1.807, 2.05) is 20.8 Å². The second-order valence-corrected chi connectivity index (χ2v) is 4.81. The van der Waals surface area contributed by atoms with Crippen LogP contribution in [-0.4, -0.2) is 29.3 Å². The minimum atomic E-state index is -0.418. The van der Waals surface area contributed by atoms with E-state index >= 15 is 0 Å². The van der Waals surface area contributed by atoms with Crippen molar-refractivity contribution in [2.24, 2.45) is 5.92 Å². The number of rotatable bonds is 8. The van der Waals surface area contributed by atoms with Gasteiger partial charge in [-0.25, -0.2) is 0 Å². The van der Waals surface area contributed by atoms with E-state index in [0.717, 1.165) is 5.56 Å². The molecular formula is C14H22N2O4. The number of nitro groups is 1. The van der Waals surface area contributed by atoms with Crippen molar-refractivity contribution in [1.29, 1.82) is 0 Å². The number of nitro benzene ring substituents is 1. The molecule has 0 aliphatic rings. The minimum absolute atomic E-state index is 0.0492. The van der Waals surface area contributed by atoms with Gasteiger partial charge in [-0.3, -0.25) is 10.1 Å². The van der Waals surface area contributed by atoms with Crippen molar-refractivity contribution >= 4 is 5.69 Å². The third-order valence-corrected chi connectivity index (χ3v) is 3.31. The molecule has 0 aliphatic heterocycles. The predicted octanol–water partition coefficient (Wildman–Crippen LogP) is 2.10. The van der Waals surface area contributed by atoms with E-state index in [1.54, 1.807) is 6.07 Å². The highest BCUT2D eigenvalue weighted by atomic mass is 16.6. The van der Waals surface area contributed by atoms with Crippen LogP contribution in [0.2, 0.25) is 0 Å². The van der Waals surface area contributed by atoms with Gasteiger partial charge in [-0.2, -0.15) is 0 Å². The van der Waals surface area contributed by atoms with Crippen LogP contribution in [0.25, 0.3) is 0 Å². The van der Waals surface area contributed by atoms with Crippen LogP contribution in [0.1, 0.15) is 26.3 Å². The fraction of sp³-hybridized carbons (Fsp3) is 0.571. The Kier molecular flexibility index (Phi) is 6.41. The lowest BCUT2D eigenvalue weighted by molar-refractivity contribution is -0.384. The Balaban J connectivity index is 2.84. The monoisotopic (exact) mass is 282 g/mol. The van der Waals surface area contributed by atoms with Gasteiger partial charge in [0.2, 0.25) is 0 Å². The zero-order valence-electron chi connectivity index (χ0n) is 12.1. The number of nitrogens with zero attached hydrogens (tertiary/aromatic N) is 1. The average Bonchev–Trinajstić information content (AvgIpc) is 2.44. The van der Waals surface area contributed by atoms with Crippen LogP contribution in [0.5, 0.6) is 5.75 Å². The van der Waals surface area contributed by atoms with E-state index in [-0.39, 0.29) is 24.3 Å². The summed E-state index contributed by atoms with van der Waals surface area (Å²) in [5.41, 5.74) is 0.797. The van der Waals surface area contributed by atoms with E-state index in [0.29, 0.717) is 18.9 Å². The Morgan fingerprint density at radius 3 is 2.70 bits per heavy atom. The van der Waals surface area contributed by atoms with Gasteiger partial charge in [0.25, 0.3) is 5.69 Å². The molecule has 0 aliphatic carbocycles. The largest absolute Gasteiger partial charge is 0.494 e. The molecule has 2 atom stereocenters. The SMILES string of the molecule is CCOc1ccc([N+](=O)[O-])cc1CNC(C)C(C)CO. The second-order valence-electron chi connectivity index (χ2n) is 4.81. The van der Waals surface area contributed by atoms with Gasteiger partial charge in [-0.05, 0) is 25.8 Å². The molecule has 2 N–H and O–H groups in total. The fourth-order valence-electron chi connectivity index (χ4n) is 1.74. The maximum atomic E-state index is 10.8. The lowest BCUT2D eigenvalue weighted by atomic mass is 10.0. The van der Waals surface area contributed by atoms with Crippen molar-refractivity contribution in [3.63, 3.8) is 0 Å². The Labute approximate surface area is 118 Å². The minimum Gasteiger partial charge on any atom is -0.494 e. The first-order valence-electron chi connectivity index (χ1n) is 6.73. The fourth-order valence-corrected chi connectivity index (χ4v) is 1.74. The van der Waals surface area contributed by atoms with Gasteiger partial charge in [0.05, 0.1) is 11.5 Å². The van der Waals surface area contributed by atoms with Gasteiger partial charge in [0, 0.05) is 36.9 Å². The number of aliphatic hydroxyl groups excluding tert-OH is 1. The van der Waals surface area contributed by atoms with Gasteiger partial charge in [0.15, 0.2) is 0 Å². The molecule has 0 heterocycles. The highest BCUT2D eigenvalue weighted by Crippen LogP contribution is 2.24. The molecule has 0 saturated carbocycles. The number of ether oxygens (including phenoxy) is 1. The zero-order chi connectivity index (χ0) is 15.1. The van der Waals surface area contributed by atoms with Crippen molar-refractivity contribution in [3.05, 3.63) is 33.9 Å². The van der Waals surface area contributed by atoms with E-state index in [4.69, 9.17) is 9.84 Å². The molecule has 1 aromatic rings. The quantitative estimate of drug-likeness (QED) is 0.563. The van der Waals surface area contributed by atoms with Crippen molar-refractivity contribution < 1.29 is 14.8 Å². The first kappa shape index (κ1) is 16.4. The molecule has 6 heteroatoms. The van der Waals surface area contributed by atoms with Crippen molar-refractivity contribution in [2.45, 2.75) is 33.4 Å². The highest BCUT2D eigenvalue weighted by Gasteiger charge is 2.14. The van der Waals surface area contributed by atoms with Crippen LogP contribution in [0, 0.1) is 16.0 Å². The highest BCUT2D eigenvalue weighted by molar-refractivity contribution is 5.43. The molecule has 0 aromatic heterocycles. The maximum Gasteiger partial charge on any atom is 0.270 e.